The molecule has 0 heterocycles. The summed E-state index contributed by atoms with van der Waals surface area (Å²) in [5, 5.41) is 18.1. The summed E-state index contributed by atoms with van der Waals surface area (Å²) >= 11 is 0. The van der Waals surface area contributed by atoms with E-state index >= 15 is 0 Å². The Bertz CT molecular complexity index is 1290. The third kappa shape index (κ3) is 11.2. The van der Waals surface area contributed by atoms with Crippen molar-refractivity contribution in [2.45, 2.75) is 44.8 Å². The highest BCUT2D eigenvalue weighted by atomic mass is 19.1. The van der Waals surface area contributed by atoms with E-state index in [0.717, 1.165) is 24.0 Å². The molecule has 0 amide bonds. The summed E-state index contributed by atoms with van der Waals surface area (Å²) in [6, 6.07) is 20.0. The van der Waals surface area contributed by atoms with Gasteiger partial charge in [-0.25, -0.2) is 4.39 Å². The van der Waals surface area contributed by atoms with E-state index in [1.807, 2.05) is 24.3 Å². The number of aromatic hydroxyl groups is 1. The molecule has 9 nitrogen and oxygen atoms in total. The number of carbonyl (C=O) groups excluding carboxylic acids is 1. The summed E-state index contributed by atoms with van der Waals surface area (Å²) in [6.07, 6.45) is 1.28. The molecule has 1 fully saturated rings. The van der Waals surface area contributed by atoms with Crippen molar-refractivity contribution in [3.8, 4) is 17.2 Å². The first-order valence-corrected chi connectivity index (χ1v) is 14.0. The lowest BCUT2D eigenvalue weighted by Crippen LogP contribution is -2.21. The smallest absolute Gasteiger partial charge is 0.308 e. The van der Waals surface area contributed by atoms with E-state index in [-0.39, 0.29) is 41.9 Å². The lowest BCUT2D eigenvalue weighted by atomic mass is 10.1. The summed E-state index contributed by atoms with van der Waals surface area (Å²) in [6.45, 7) is 3.13. The number of carboxylic acids is 1. The highest BCUT2D eigenvalue weighted by Crippen LogP contribution is 2.46. The van der Waals surface area contributed by atoms with Gasteiger partial charge in [-0.05, 0) is 67.3 Å². The van der Waals surface area contributed by atoms with Crippen molar-refractivity contribution in [3.05, 3.63) is 89.7 Å². The van der Waals surface area contributed by atoms with Crippen LogP contribution in [0.1, 0.15) is 55.9 Å². The molecule has 1 aliphatic carbocycles. The van der Waals surface area contributed by atoms with Crippen molar-refractivity contribution < 1.29 is 47.9 Å². The fourth-order valence-corrected chi connectivity index (χ4v) is 4.21. The predicted octanol–water partition coefficient (Wildman–Crippen LogP) is 6.26. The molecule has 0 bridgehead atoms. The Labute approximate surface area is 251 Å². The Kier molecular flexibility index (Phi) is 12.8. The molecule has 3 aromatic rings. The van der Waals surface area contributed by atoms with Crippen LogP contribution in [-0.4, -0.2) is 56.2 Å². The minimum absolute atomic E-state index is 0.0383. The average molecular weight is 599 g/mol. The van der Waals surface area contributed by atoms with Crippen molar-refractivity contribution in [1.29, 1.82) is 0 Å². The largest absolute Gasteiger partial charge is 0.508 e. The first-order valence-electron chi connectivity index (χ1n) is 14.0. The van der Waals surface area contributed by atoms with E-state index in [1.165, 1.54) is 26.4 Å². The number of aliphatic carboxylic acids is 1. The number of esters is 1. The van der Waals surface area contributed by atoms with Crippen LogP contribution in [0.2, 0.25) is 0 Å². The lowest BCUT2D eigenvalue weighted by molar-refractivity contribution is -0.146. The molecule has 3 aromatic carbocycles. The van der Waals surface area contributed by atoms with E-state index in [1.54, 1.807) is 43.3 Å². The number of phenols is 1. The van der Waals surface area contributed by atoms with Crippen LogP contribution in [-0.2, 0) is 23.8 Å². The monoisotopic (exact) mass is 598 g/mol. The number of ether oxygens (including phenoxy) is 5. The number of carboxylic acid groups (broad SMARTS) is 1. The molecule has 0 radical (unpaired) electrons. The molecule has 43 heavy (non-hydrogen) atoms. The number of methoxy groups -OCH3 is 2. The zero-order chi connectivity index (χ0) is 31.2. The standard InChI is InChI=1S/C21H23FO5.C12H16O4/c1-25-19(12-20(23)24)15-5-7-17(8-6-15)26-13-21(9-10-21)14-27-18-4-2-3-16(22)11-18;1-3-16-12(14)8-11(15-2)9-4-6-10(13)7-5-9/h2-8,11,19H,9-10,12-14H2,1H3,(H,23,24);4-7,11,13H,3,8H2,1-2H3. The van der Waals surface area contributed by atoms with Crippen molar-refractivity contribution in [2.24, 2.45) is 5.41 Å². The van der Waals surface area contributed by atoms with E-state index in [2.05, 4.69) is 0 Å². The van der Waals surface area contributed by atoms with Crippen molar-refractivity contribution in [1.82, 2.24) is 0 Å². The van der Waals surface area contributed by atoms with Crippen LogP contribution in [0.25, 0.3) is 0 Å². The highest BCUT2D eigenvalue weighted by Gasteiger charge is 2.44. The summed E-state index contributed by atoms with van der Waals surface area (Å²) in [5.74, 6) is -0.0881. The molecule has 10 heteroatoms. The quantitative estimate of drug-likeness (QED) is 0.195. The molecule has 2 unspecified atom stereocenters. The molecular weight excluding hydrogens is 559 g/mol. The number of hydrogen-bond donors (Lipinski definition) is 2. The van der Waals surface area contributed by atoms with E-state index in [0.29, 0.717) is 31.3 Å². The van der Waals surface area contributed by atoms with Gasteiger partial charge in [0.25, 0.3) is 0 Å². The number of rotatable bonds is 15. The van der Waals surface area contributed by atoms with Crippen LogP contribution < -0.4 is 9.47 Å². The van der Waals surface area contributed by atoms with E-state index in [9.17, 15) is 14.0 Å². The fourth-order valence-electron chi connectivity index (χ4n) is 4.21. The molecule has 0 spiro atoms. The summed E-state index contributed by atoms with van der Waals surface area (Å²) in [7, 11) is 3.03. The van der Waals surface area contributed by atoms with Crippen LogP contribution in [0.4, 0.5) is 4.39 Å². The molecule has 0 saturated heterocycles. The minimum atomic E-state index is -0.906. The molecule has 2 atom stereocenters. The fraction of sp³-hybridized carbons (Fsp3) is 0.394. The second kappa shape index (κ2) is 16.5. The molecular formula is C33H39FO9. The lowest BCUT2D eigenvalue weighted by Gasteiger charge is -2.18. The first kappa shape index (κ1) is 33.4. The van der Waals surface area contributed by atoms with Crippen LogP contribution in [0.5, 0.6) is 17.2 Å². The maximum atomic E-state index is 13.2. The van der Waals surface area contributed by atoms with Gasteiger partial charge in [0.05, 0.1) is 44.9 Å². The maximum Gasteiger partial charge on any atom is 0.308 e. The highest BCUT2D eigenvalue weighted by molar-refractivity contribution is 5.70. The van der Waals surface area contributed by atoms with Gasteiger partial charge in [-0.15, -0.1) is 0 Å². The predicted molar refractivity (Wildman–Crippen MR) is 157 cm³/mol. The minimum Gasteiger partial charge on any atom is -0.508 e. The Hall–Kier alpha value is -4.15. The summed E-state index contributed by atoms with van der Waals surface area (Å²) in [5.41, 5.74) is 1.60. The zero-order valence-electron chi connectivity index (χ0n) is 24.7. The Morgan fingerprint density at radius 2 is 1.40 bits per heavy atom. The Morgan fingerprint density at radius 1 is 0.837 bits per heavy atom. The van der Waals surface area contributed by atoms with Crippen molar-refractivity contribution in [2.75, 3.05) is 34.0 Å². The van der Waals surface area contributed by atoms with Gasteiger partial charge >= 0.3 is 11.9 Å². The van der Waals surface area contributed by atoms with E-state index in [4.69, 9.17) is 33.9 Å². The summed E-state index contributed by atoms with van der Waals surface area (Å²) < 4.78 is 40.1. The van der Waals surface area contributed by atoms with Gasteiger partial charge in [-0.2, -0.15) is 0 Å². The number of carbonyl (C=O) groups is 2. The number of phenolic OH excluding ortho intramolecular Hbond substituents is 1. The van der Waals surface area contributed by atoms with Crippen LogP contribution in [0.3, 0.4) is 0 Å². The zero-order valence-corrected chi connectivity index (χ0v) is 24.7. The average Bonchev–Trinajstić information content (AvgIpc) is 3.78. The van der Waals surface area contributed by atoms with Gasteiger partial charge in [0.15, 0.2) is 0 Å². The van der Waals surface area contributed by atoms with Gasteiger partial charge < -0.3 is 33.9 Å². The van der Waals surface area contributed by atoms with E-state index < -0.39 is 12.1 Å². The Balaban J connectivity index is 0.000000271. The van der Waals surface area contributed by atoms with Crippen molar-refractivity contribution in [3.63, 3.8) is 0 Å². The van der Waals surface area contributed by atoms with Crippen LogP contribution in [0, 0.1) is 11.2 Å². The molecule has 4 rings (SSSR count). The van der Waals surface area contributed by atoms with Gasteiger partial charge in [0.2, 0.25) is 0 Å². The van der Waals surface area contributed by atoms with Crippen LogP contribution in [0.15, 0.2) is 72.8 Å². The van der Waals surface area contributed by atoms with Gasteiger partial charge in [-0.3, -0.25) is 9.59 Å². The Morgan fingerprint density at radius 3 is 1.91 bits per heavy atom. The number of benzene rings is 3. The molecule has 1 aliphatic rings. The first-order chi connectivity index (χ1) is 20.7. The van der Waals surface area contributed by atoms with Crippen molar-refractivity contribution >= 4 is 11.9 Å². The topological polar surface area (TPSA) is 121 Å². The molecule has 1 saturated carbocycles. The van der Waals surface area contributed by atoms with Gasteiger partial charge in [0, 0.05) is 25.7 Å². The molecule has 232 valence electrons. The van der Waals surface area contributed by atoms with Crippen LogP contribution >= 0.6 is 0 Å². The summed E-state index contributed by atoms with van der Waals surface area (Å²) in [4.78, 5) is 22.2. The third-order valence-corrected chi connectivity index (χ3v) is 6.95. The third-order valence-electron chi connectivity index (χ3n) is 6.95. The number of halogens is 1. The van der Waals surface area contributed by atoms with Gasteiger partial charge in [0.1, 0.15) is 23.1 Å². The molecule has 2 N–H and O–H groups in total. The SMILES string of the molecule is CCOC(=O)CC(OC)c1ccc(O)cc1.COC(CC(=O)O)c1ccc(OCC2(COc3cccc(F)c3)CC2)cc1. The second-order valence-corrected chi connectivity index (χ2v) is 10.3. The normalized spacial score (nSPS) is 14.4. The second-order valence-electron chi connectivity index (χ2n) is 10.3. The molecule has 0 aromatic heterocycles. The maximum absolute atomic E-state index is 13.2. The van der Waals surface area contributed by atoms with Gasteiger partial charge in [-0.1, -0.05) is 30.3 Å². The molecule has 0 aliphatic heterocycles. The number of hydrogen-bond acceptors (Lipinski definition) is 8.